The monoisotopic (exact) mass is 192 g/mol. The van der Waals surface area contributed by atoms with Crippen LogP contribution >= 0.6 is 0 Å². The van der Waals surface area contributed by atoms with E-state index in [1.807, 2.05) is 6.07 Å². The molecule has 68 valence electrons. The van der Waals surface area contributed by atoms with Crippen molar-refractivity contribution in [1.29, 1.82) is 15.8 Å². The zero-order valence-electron chi connectivity index (χ0n) is 7.87. The van der Waals surface area contributed by atoms with Gasteiger partial charge in [-0.1, -0.05) is 6.07 Å². The highest BCUT2D eigenvalue weighted by Crippen LogP contribution is 2.28. The van der Waals surface area contributed by atoms with Crippen molar-refractivity contribution in [2.75, 3.05) is 0 Å². The molecule has 0 radical (unpaired) electrons. The zero-order chi connectivity index (χ0) is 11.4. The highest BCUT2D eigenvalue weighted by Gasteiger charge is 2.15. The van der Waals surface area contributed by atoms with Gasteiger partial charge in [-0.15, -0.1) is 0 Å². The number of aryl methyl sites for hydroxylation is 1. The number of hydrogen-bond donors (Lipinski definition) is 0. The number of rotatable bonds is 0. The molecule has 0 aliphatic carbocycles. The molecule has 0 fully saturated rings. The molecule has 0 N–H and O–H groups in total. The Morgan fingerprint density at radius 2 is 1.73 bits per heavy atom. The highest BCUT2D eigenvalue weighted by atomic mass is 14.7. The lowest BCUT2D eigenvalue weighted by atomic mass is 9.98. The van der Waals surface area contributed by atoms with Crippen molar-refractivity contribution in [3.05, 3.63) is 39.7 Å². The van der Waals surface area contributed by atoms with Crippen LogP contribution in [-0.2, 0) is 0 Å². The fourth-order valence-corrected chi connectivity index (χ4v) is 1.26. The second-order valence-electron chi connectivity index (χ2n) is 2.79. The number of nitriles is 3. The van der Waals surface area contributed by atoms with Gasteiger partial charge in [-0.05, 0) is 12.5 Å². The Bertz CT molecular complexity index is 585. The quantitative estimate of drug-likeness (QED) is 0.591. The van der Waals surface area contributed by atoms with Gasteiger partial charge in [0.05, 0.1) is 29.3 Å². The Morgan fingerprint density at radius 3 is 2.13 bits per heavy atom. The summed E-state index contributed by atoms with van der Waals surface area (Å²) in [6, 6.07) is 6.86. The van der Waals surface area contributed by atoms with Gasteiger partial charge in [-0.2, -0.15) is 15.8 Å². The van der Waals surface area contributed by atoms with Gasteiger partial charge in [0.1, 0.15) is 12.1 Å². The Balaban J connectivity index is 3.84. The van der Waals surface area contributed by atoms with Crippen molar-refractivity contribution in [1.82, 2.24) is 0 Å². The maximum atomic E-state index is 8.85. The minimum absolute atomic E-state index is 0.0101. The van der Waals surface area contributed by atoms with Crippen molar-refractivity contribution in [2.45, 2.75) is 6.92 Å². The van der Waals surface area contributed by atoms with Gasteiger partial charge in [0, 0.05) is 0 Å². The molecule has 4 heteroatoms. The highest BCUT2D eigenvalue weighted by molar-refractivity contribution is 5.72. The van der Waals surface area contributed by atoms with Crippen LogP contribution in [0, 0.1) is 47.5 Å². The lowest BCUT2D eigenvalue weighted by molar-refractivity contribution is 1.36. The smallest absolute Gasteiger partial charge is 0.208 e. The van der Waals surface area contributed by atoms with Crippen molar-refractivity contribution in [3.63, 3.8) is 0 Å². The van der Waals surface area contributed by atoms with Gasteiger partial charge in [0.25, 0.3) is 0 Å². The minimum atomic E-state index is -0.0170. The van der Waals surface area contributed by atoms with E-state index in [4.69, 9.17) is 22.4 Å². The molecule has 0 aromatic heterocycles. The predicted molar refractivity (Wildman–Crippen MR) is 51.6 cm³/mol. The van der Waals surface area contributed by atoms with Gasteiger partial charge in [0.2, 0.25) is 5.69 Å². The third-order valence-electron chi connectivity index (χ3n) is 1.95. The largest absolute Gasteiger partial charge is 0.236 e. The van der Waals surface area contributed by atoms with Crippen molar-refractivity contribution in [2.24, 2.45) is 0 Å². The van der Waals surface area contributed by atoms with Crippen LogP contribution in [0.5, 0.6) is 0 Å². The van der Waals surface area contributed by atoms with E-state index >= 15 is 0 Å². The summed E-state index contributed by atoms with van der Waals surface area (Å²) in [5.41, 5.74) is 0.796. The summed E-state index contributed by atoms with van der Waals surface area (Å²) in [4.78, 5) is 3.19. The molecule has 15 heavy (non-hydrogen) atoms. The Morgan fingerprint density at radius 1 is 1.13 bits per heavy atom. The first-order valence-electron chi connectivity index (χ1n) is 3.95. The summed E-state index contributed by atoms with van der Waals surface area (Å²) in [5, 5.41) is 26.4. The first-order valence-corrected chi connectivity index (χ1v) is 3.95. The molecule has 0 aliphatic heterocycles. The van der Waals surface area contributed by atoms with Crippen LogP contribution in [-0.4, -0.2) is 0 Å². The van der Waals surface area contributed by atoms with Crippen LogP contribution in [0.1, 0.15) is 22.3 Å². The molecule has 0 spiro atoms. The van der Waals surface area contributed by atoms with Crippen LogP contribution in [0.25, 0.3) is 4.85 Å². The van der Waals surface area contributed by atoms with Crippen molar-refractivity contribution < 1.29 is 0 Å². The average Bonchev–Trinajstić information content (AvgIpc) is 2.27. The van der Waals surface area contributed by atoms with Crippen LogP contribution in [0.3, 0.4) is 0 Å². The normalized spacial score (nSPS) is 8.07. The molecule has 0 aliphatic rings. The second kappa shape index (κ2) is 3.93. The maximum Gasteiger partial charge on any atom is 0.208 e. The van der Waals surface area contributed by atoms with E-state index in [9.17, 15) is 0 Å². The van der Waals surface area contributed by atoms with Crippen LogP contribution in [0.4, 0.5) is 5.69 Å². The lowest BCUT2D eigenvalue weighted by Gasteiger charge is -2.03. The molecular formula is C11H4N4. The van der Waals surface area contributed by atoms with Crippen molar-refractivity contribution in [3.8, 4) is 18.2 Å². The third-order valence-corrected chi connectivity index (χ3v) is 1.95. The van der Waals surface area contributed by atoms with E-state index in [-0.39, 0.29) is 22.4 Å². The van der Waals surface area contributed by atoms with Gasteiger partial charge < -0.3 is 0 Å². The maximum absolute atomic E-state index is 8.85. The van der Waals surface area contributed by atoms with E-state index in [1.54, 1.807) is 19.1 Å². The first-order chi connectivity index (χ1) is 7.19. The standard InChI is InChI=1S/C11H4N4/c1-7-3-8(4-12)9(5-13)10(6-14)11(7)15-2/h3H,1H3. The first kappa shape index (κ1) is 10.3. The average molecular weight is 192 g/mol. The van der Waals surface area contributed by atoms with Crippen LogP contribution < -0.4 is 0 Å². The Kier molecular flexibility index (Phi) is 2.69. The zero-order valence-corrected chi connectivity index (χ0v) is 7.87. The molecule has 0 atom stereocenters. The molecule has 0 amide bonds. The molecular weight excluding hydrogens is 188 g/mol. The minimum Gasteiger partial charge on any atom is -0.236 e. The van der Waals surface area contributed by atoms with E-state index in [1.165, 1.54) is 6.07 Å². The molecule has 1 aromatic rings. The summed E-state index contributed by atoms with van der Waals surface area (Å²) in [6.45, 7) is 8.54. The van der Waals surface area contributed by atoms with Crippen molar-refractivity contribution >= 4 is 5.69 Å². The molecule has 0 saturated heterocycles. The molecule has 0 unspecified atom stereocenters. The van der Waals surface area contributed by atoms with E-state index < -0.39 is 0 Å². The van der Waals surface area contributed by atoms with Gasteiger partial charge in [-0.3, -0.25) is 0 Å². The van der Waals surface area contributed by atoms with E-state index in [0.29, 0.717) is 5.56 Å². The molecule has 0 bridgehead atoms. The number of hydrogen-bond acceptors (Lipinski definition) is 3. The Hall–Kier alpha value is -2.82. The van der Waals surface area contributed by atoms with E-state index in [0.717, 1.165) is 0 Å². The van der Waals surface area contributed by atoms with Crippen LogP contribution in [0.2, 0.25) is 0 Å². The third kappa shape index (κ3) is 1.49. The summed E-state index contributed by atoms with van der Waals surface area (Å²) in [5.74, 6) is 0. The summed E-state index contributed by atoms with van der Waals surface area (Å²) in [7, 11) is 0. The topological polar surface area (TPSA) is 75.7 Å². The van der Waals surface area contributed by atoms with Gasteiger partial charge in [-0.25, -0.2) is 4.85 Å². The molecule has 0 saturated carbocycles. The fourth-order valence-electron chi connectivity index (χ4n) is 1.26. The fraction of sp³-hybridized carbons (Fsp3) is 0.0909. The van der Waals surface area contributed by atoms with E-state index in [2.05, 4.69) is 4.85 Å². The predicted octanol–water partition coefficient (Wildman–Crippen LogP) is 2.16. The molecule has 0 heterocycles. The lowest BCUT2D eigenvalue weighted by Crippen LogP contribution is -1.92. The molecule has 1 rings (SSSR count). The Labute approximate surface area is 87.0 Å². The molecule has 1 aromatic carbocycles. The summed E-state index contributed by atoms with van der Waals surface area (Å²) < 4.78 is 0. The number of benzene rings is 1. The SMILES string of the molecule is [C-]#[N+]c1c(C)cc(C#N)c(C#N)c1C#N. The number of nitrogens with zero attached hydrogens (tertiary/aromatic N) is 4. The summed E-state index contributed by atoms with van der Waals surface area (Å²) in [6.07, 6.45) is 0. The summed E-state index contributed by atoms with van der Waals surface area (Å²) >= 11 is 0. The molecule has 4 nitrogen and oxygen atoms in total. The second-order valence-corrected chi connectivity index (χ2v) is 2.79. The van der Waals surface area contributed by atoms with Gasteiger partial charge >= 0.3 is 0 Å². The van der Waals surface area contributed by atoms with Gasteiger partial charge in [0.15, 0.2) is 0 Å². The van der Waals surface area contributed by atoms with Crippen LogP contribution in [0.15, 0.2) is 6.07 Å².